The molecule has 0 aromatic heterocycles. The van der Waals surface area contributed by atoms with Gasteiger partial charge < -0.3 is 63.2 Å². The summed E-state index contributed by atoms with van der Waals surface area (Å²) in [7, 11) is 0. The number of carbonyl (C=O) groups is 11. The van der Waals surface area contributed by atoms with Crippen molar-refractivity contribution in [2.45, 2.75) is 114 Å². The molecular weight excluding hydrogens is 843 g/mol. The summed E-state index contributed by atoms with van der Waals surface area (Å²) in [6.07, 6.45) is -2.62. The molecule has 0 spiro atoms. The van der Waals surface area contributed by atoms with Crippen LogP contribution in [0.4, 0.5) is 0 Å². The molecule has 0 saturated heterocycles. The van der Waals surface area contributed by atoms with Crippen LogP contribution in [0.25, 0.3) is 0 Å². The molecule has 0 unspecified atom stereocenters. The number of thioether (sulfide) groups is 1. The van der Waals surface area contributed by atoms with E-state index in [0.717, 1.165) is 0 Å². The summed E-state index contributed by atoms with van der Waals surface area (Å²) in [5.74, 6) is -13.7. The second-order valence-electron chi connectivity index (χ2n) is 14.3. The van der Waals surface area contributed by atoms with Crippen molar-refractivity contribution in [3.8, 4) is 0 Å². The van der Waals surface area contributed by atoms with Gasteiger partial charge in [-0.05, 0) is 49.2 Å². The Morgan fingerprint density at radius 3 is 1.40 bits per heavy atom. The Hall–Kier alpha value is -6.30. The minimum atomic E-state index is -1.93. The lowest BCUT2D eigenvalue weighted by Crippen LogP contribution is -2.61. The topological polar surface area (TPSA) is 387 Å². The van der Waals surface area contributed by atoms with Crippen LogP contribution < -0.4 is 37.6 Å². The Balaban J connectivity index is 3.38. The quantitative estimate of drug-likeness (QED) is 0.0398. The van der Waals surface area contributed by atoms with E-state index >= 15 is 0 Å². The smallest absolute Gasteiger partial charge is 0.326 e. The number of nitrogens with one attached hydrogen (secondary N) is 6. The summed E-state index contributed by atoms with van der Waals surface area (Å²) >= 11 is 1.26. The van der Waals surface area contributed by atoms with Crippen molar-refractivity contribution < 1.29 is 78.3 Å². The van der Waals surface area contributed by atoms with Gasteiger partial charge in [-0.15, -0.1) is 0 Å². The van der Waals surface area contributed by atoms with Crippen LogP contribution in [-0.4, -0.2) is 145 Å². The Labute approximate surface area is 360 Å². The number of benzene rings is 1. The first-order valence-corrected chi connectivity index (χ1v) is 20.7. The molecule has 0 aliphatic carbocycles. The highest BCUT2D eigenvalue weighted by Gasteiger charge is 2.35. The van der Waals surface area contributed by atoms with E-state index in [0.29, 0.717) is 5.56 Å². The van der Waals surface area contributed by atoms with Gasteiger partial charge >= 0.3 is 29.8 Å². The van der Waals surface area contributed by atoms with E-state index in [-0.39, 0.29) is 25.0 Å². The van der Waals surface area contributed by atoms with Crippen LogP contribution in [0, 0.1) is 5.92 Å². The molecule has 0 radical (unpaired) electrons. The average molecular weight is 898 g/mol. The fraction of sp³-hybridized carbons (Fsp3) is 0.553. The zero-order valence-electron chi connectivity index (χ0n) is 34.3. The van der Waals surface area contributed by atoms with Crippen molar-refractivity contribution >= 4 is 77.1 Å². The Morgan fingerprint density at radius 2 is 0.952 bits per heavy atom. The summed E-state index contributed by atoms with van der Waals surface area (Å²) in [5, 5.41) is 60.1. The highest BCUT2D eigenvalue weighted by atomic mass is 32.2. The summed E-state index contributed by atoms with van der Waals surface area (Å²) in [6, 6.07) is -2.51. The molecule has 23 nitrogen and oxygen atoms in total. The standard InChI is InChI=1S/C38H55N7O16S/c1-19(2)31(37(59)42-24(15-16-62-3)34(56)40-22(10-13-28(48)49)33(55)44-26(38(60)61)18-30(52)53)45-35(57)23(11-14-29(50)51)41-36(58)25(17-20-7-5-4-6-8-20)43-32(54)21(39)9-12-27(46)47/h4-8,19,21-26,31H,9-18,39H2,1-3H3,(H,40,56)(H,41,58)(H,42,59)(H,43,54)(H,44,55)(H,45,57)(H,46,47)(H,48,49)(H,50,51)(H,52,53)(H,60,61)/t21-,22-,23-,24-,25-,26-,31-/m0/s1. The lowest BCUT2D eigenvalue weighted by molar-refractivity contribution is -0.147. The van der Waals surface area contributed by atoms with Gasteiger partial charge in [0.05, 0.1) is 12.5 Å². The van der Waals surface area contributed by atoms with Gasteiger partial charge in [-0.1, -0.05) is 44.2 Å². The number of rotatable bonds is 30. The Bertz CT molecular complexity index is 1770. The minimum Gasteiger partial charge on any atom is -0.481 e. The SMILES string of the molecule is CSCC[C@H](NC(=O)[C@@H](NC(=O)[C@H](CCC(=O)O)NC(=O)[C@H](Cc1ccccc1)NC(=O)[C@@H](N)CCC(=O)O)C(C)C)C(=O)N[C@@H](CCC(=O)O)C(=O)N[C@@H](CC(=O)O)C(=O)O. The minimum absolute atomic E-state index is 0.0761. The van der Waals surface area contributed by atoms with Crippen LogP contribution in [0.3, 0.4) is 0 Å². The van der Waals surface area contributed by atoms with E-state index in [2.05, 4.69) is 26.6 Å². The van der Waals surface area contributed by atoms with Crippen molar-refractivity contribution in [3.63, 3.8) is 0 Å². The highest BCUT2D eigenvalue weighted by Crippen LogP contribution is 2.11. The number of hydrogen-bond acceptors (Lipinski definition) is 13. The number of carboxylic acids is 5. The van der Waals surface area contributed by atoms with Crippen molar-refractivity contribution in [1.29, 1.82) is 0 Å². The predicted molar refractivity (Wildman–Crippen MR) is 218 cm³/mol. The highest BCUT2D eigenvalue weighted by molar-refractivity contribution is 7.98. The van der Waals surface area contributed by atoms with Crippen LogP contribution >= 0.6 is 11.8 Å². The molecule has 0 fully saturated rings. The van der Waals surface area contributed by atoms with Crippen molar-refractivity contribution in [3.05, 3.63) is 35.9 Å². The first-order chi connectivity index (χ1) is 29.0. The average Bonchev–Trinajstić information content (AvgIpc) is 3.19. The Morgan fingerprint density at radius 1 is 0.532 bits per heavy atom. The monoisotopic (exact) mass is 897 g/mol. The maximum atomic E-state index is 13.8. The molecular formula is C38H55N7O16S. The molecule has 24 heteroatoms. The van der Waals surface area contributed by atoms with Gasteiger partial charge in [0.15, 0.2) is 0 Å². The molecule has 0 heterocycles. The van der Waals surface area contributed by atoms with Crippen molar-refractivity contribution in [2.75, 3.05) is 12.0 Å². The zero-order chi connectivity index (χ0) is 47.1. The summed E-state index contributed by atoms with van der Waals surface area (Å²) in [5.41, 5.74) is 6.42. The van der Waals surface area contributed by atoms with E-state index < -0.39 is 152 Å². The molecule has 0 aliphatic heterocycles. The fourth-order valence-corrected chi connectivity index (χ4v) is 6.04. The lowest BCUT2D eigenvalue weighted by atomic mass is 10.0. The zero-order valence-corrected chi connectivity index (χ0v) is 35.1. The molecule has 1 aromatic rings. The first kappa shape index (κ1) is 53.7. The van der Waals surface area contributed by atoms with E-state index in [1.807, 2.05) is 5.32 Å². The van der Waals surface area contributed by atoms with E-state index in [1.165, 1.54) is 25.6 Å². The summed E-state index contributed by atoms with van der Waals surface area (Å²) in [4.78, 5) is 137. The normalized spacial score (nSPS) is 14.3. The number of carbonyl (C=O) groups excluding carboxylic acids is 6. The Kier molecular flexibility index (Phi) is 23.8. The van der Waals surface area contributed by atoms with Crippen molar-refractivity contribution in [1.82, 2.24) is 31.9 Å². The molecule has 0 bridgehead atoms. The van der Waals surface area contributed by atoms with Crippen LogP contribution in [0.5, 0.6) is 0 Å². The van der Waals surface area contributed by atoms with Gasteiger partial charge in [0.1, 0.15) is 36.3 Å². The van der Waals surface area contributed by atoms with Crippen LogP contribution in [-0.2, 0) is 59.2 Å². The van der Waals surface area contributed by atoms with E-state index in [9.17, 15) is 68.1 Å². The van der Waals surface area contributed by atoms with E-state index in [4.69, 9.17) is 15.9 Å². The number of nitrogens with two attached hydrogens (primary N) is 1. The number of aliphatic carboxylic acids is 5. The third kappa shape index (κ3) is 20.8. The summed E-state index contributed by atoms with van der Waals surface area (Å²) in [6.45, 7) is 3.04. The molecule has 62 heavy (non-hydrogen) atoms. The van der Waals surface area contributed by atoms with Crippen molar-refractivity contribution in [2.24, 2.45) is 11.7 Å². The van der Waals surface area contributed by atoms with Gasteiger partial charge in [0.25, 0.3) is 0 Å². The number of hydrogen-bond donors (Lipinski definition) is 12. The van der Waals surface area contributed by atoms with Gasteiger partial charge in [-0.25, -0.2) is 4.79 Å². The number of amides is 6. The maximum Gasteiger partial charge on any atom is 0.326 e. The second kappa shape index (κ2) is 27.5. The molecule has 7 atom stereocenters. The van der Waals surface area contributed by atoms with Gasteiger partial charge in [0, 0.05) is 25.7 Å². The lowest BCUT2D eigenvalue weighted by Gasteiger charge is -2.29. The molecule has 1 aromatic carbocycles. The fourth-order valence-electron chi connectivity index (χ4n) is 5.57. The molecule has 344 valence electrons. The maximum absolute atomic E-state index is 13.8. The van der Waals surface area contributed by atoms with Crippen LogP contribution in [0.15, 0.2) is 30.3 Å². The van der Waals surface area contributed by atoms with Crippen LogP contribution in [0.2, 0.25) is 0 Å². The third-order valence-electron chi connectivity index (χ3n) is 8.97. The first-order valence-electron chi connectivity index (χ1n) is 19.3. The number of carboxylic acid groups (broad SMARTS) is 5. The summed E-state index contributed by atoms with van der Waals surface area (Å²) < 4.78 is 0. The molecule has 0 aliphatic rings. The van der Waals surface area contributed by atoms with Gasteiger partial charge in [0.2, 0.25) is 35.4 Å². The second-order valence-corrected chi connectivity index (χ2v) is 15.3. The predicted octanol–water partition coefficient (Wildman–Crippen LogP) is -1.97. The van der Waals surface area contributed by atoms with Crippen LogP contribution in [0.1, 0.15) is 70.8 Å². The van der Waals surface area contributed by atoms with Gasteiger partial charge in [-0.3, -0.25) is 47.9 Å². The molecule has 1 rings (SSSR count). The third-order valence-corrected chi connectivity index (χ3v) is 9.61. The molecule has 13 N–H and O–H groups in total. The molecule has 0 saturated carbocycles. The largest absolute Gasteiger partial charge is 0.481 e. The van der Waals surface area contributed by atoms with E-state index in [1.54, 1.807) is 36.6 Å². The molecule has 6 amide bonds. The van der Waals surface area contributed by atoms with Gasteiger partial charge in [-0.2, -0.15) is 11.8 Å².